The van der Waals surface area contributed by atoms with E-state index in [9.17, 15) is 0 Å². The van der Waals surface area contributed by atoms with Crippen molar-refractivity contribution in [2.45, 2.75) is 6.61 Å². The standard InChI is InChI=1S/C9H7ClINO/c10-7-2-5-1-6(4-13)12-9(5)3-8(7)11/h1-3,12-13H,4H2. The second-order valence-corrected chi connectivity index (χ2v) is 4.38. The molecule has 1 aromatic heterocycles. The van der Waals surface area contributed by atoms with Crippen molar-refractivity contribution in [3.05, 3.63) is 32.5 Å². The van der Waals surface area contributed by atoms with Crippen molar-refractivity contribution in [1.29, 1.82) is 0 Å². The molecule has 0 bridgehead atoms. The molecule has 0 spiro atoms. The lowest BCUT2D eigenvalue weighted by Gasteiger charge is -1.94. The van der Waals surface area contributed by atoms with Crippen LogP contribution >= 0.6 is 34.2 Å². The number of aromatic nitrogens is 1. The normalized spacial score (nSPS) is 11.0. The van der Waals surface area contributed by atoms with Gasteiger partial charge >= 0.3 is 0 Å². The first-order valence-electron chi connectivity index (χ1n) is 3.78. The van der Waals surface area contributed by atoms with Crippen LogP contribution in [0.3, 0.4) is 0 Å². The highest BCUT2D eigenvalue weighted by Gasteiger charge is 2.03. The summed E-state index contributed by atoms with van der Waals surface area (Å²) in [5.41, 5.74) is 1.82. The molecule has 1 heterocycles. The van der Waals surface area contributed by atoms with Crippen molar-refractivity contribution in [2.24, 2.45) is 0 Å². The predicted octanol–water partition coefficient (Wildman–Crippen LogP) is 2.92. The van der Waals surface area contributed by atoms with E-state index >= 15 is 0 Å². The van der Waals surface area contributed by atoms with E-state index in [1.807, 2.05) is 18.2 Å². The molecule has 13 heavy (non-hydrogen) atoms. The fourth-order valence-electron chi connectivity index (χ4n) is 1.27. The van der Waals surface area contributed by atoms with Crippen molar-refractivity contribution < 1.29 is 5.11 Å². The third kappa shape index (κ3) is 1.68. The molecule has 0 fully saturated rings. The van der Waals surface area contributed by atoms with Gasteiger partial charge in [-0.25, -0.2) is 0 Å². The summed E-state index contributed by atoms with van der Waals surface area (Å²) in [6.07, 6.45) is 0. The highest BCUT2D eigenvalue weighted by atomic mass is 127. The number of aromatic amines is 1. The van der Waals surface area contributed by atoms with Crippen molar-refractivity contribution >= 4 is 45.1 Å². The van der Waals surface area contributed by atoms with Crippen LogP contribution in [0.5, 0.6) is 0 Å². The number of benzene rings is 1. The molecule has 4 heteroatoms. The van der Waals surface area contributed by atoms with Crippen LogP contribution in [-0.4, -0.2) is 10.1 Å². The maximum atomic E-state index is 8.91. The Morgan fingerprint density at radius 2 is 2.15 bits per heavy atom. The number of hydrogen-bond donors (Lipinski definition) is 2. The zero-order chi connectivity index (χ0) is 9.42. The summed E-state index contributed by atoms with van der Waals surface area (Å²) < 4.78 is 1.01. The number of aliphatic hydroxyl groups excluding tert-OH is 1. The van der Waals surface area contributed by atoms with E-state index < -0.39 is 0 Å². The zero-order valence-electron chi connectivity index (χ0n) is 6.64. The Labute approximate surface area is 94.0 Å². The lowest BCUT2D eigenvalue weighted by atomic mass is 10.2. The van der Waals surface area contributed by atoms with E-state index in [-0.39, 0.29) is 6.61 Å². The molecule has 0 radical (unpaired) electrons. The molecule has 0 aliphatic rings. The van der Waals surface area contributed by atoms with Gasteiger partial charge in [-0.3, -0.25) is 0 Å². The molecule has 0 saturated heterocycles. The summed E-state index contributed by atoms with van der Waals surface area (Å²) in [4.78, 5) is 3.10. The topological polar surface area (TPSA) is 36.0 Å². The average Bonchev–Trinajstić information content (AvgIpc) is 2.48. The van der Waals surface area contributed by atoms with Crippen molar-refractivity contribution in [2.75, 3.05) is 0 Å². The summed E-state index contributed by atoms with van der Waals surface area (Å²) in [5.74, 6) is 0. The number of hydrogen-bond acceptors (Lipinski definition) is 1. The van der Waals surface area contributed by atoms with E-state index in [2.05, 4.69) is 27.6 Å². The van der Waals surface area contributed by atoms with Crippen LogP contribution in [0.15, 0.2) is 18.2 Å². The molecule has 2 rings (SSSR count). The quantitative estimate of drug-likeness (QED) is 0.781. The Morgan fingerprint density at radius 1 is 1.38 bits per heavy atom. The molecule has 0 aliphatic heterocycles. The van der Waals surface area contributed by atoms with Gasteiger partial charge in [-0.2, -0.15) is 0 Å². The molecule has 0 amide bonds. The first kappa shape index (κ1) is 9.30. The van der Waals surface area contributed by atoms with Gasteiger partial charge < -0.3 is 10.1 Å². The van der Waals surface area contributed by atoms with Gasteiger partial charge in [0, 0.05) is 20.2 Å². The third-order valence-electron chi connectivity index (χ3n) is 1.89. The molecule has 0 aliphatic carbocycles. The minimum Gasteiger partial charge on any atom is -0.390 e. The maximum Gasteiger partial charge on any atom is 0.0831 e. The largest absolute Gasteiger partial charge is 0.390 e. The number of H-pyrrole nitrogens is 1. The predicted molar refractivity (Wildman–Crippen MR) is 61.9 cm³/mol. The van der Waals surface area contributed by atoms with Crippen LogP contribution in [0.1, 0.15) is 5.69 Å². The molecule has 68 valence electrons. The number of halogens is 2. The minimum atomic E-state index is 0.0306. The van der Waals surface area contributed by atoms with E-state index in [0.29, 0.717) is 0 Å². The van der Waals surface area contributed by atoms with E-state index in [1.54, 1.807) is 0 Å². The molecule has 0 saturated carbocycles. The van der Waals surface area contributed by atoms with Crippen molar-refractivity contribution in [3.8, 4) is 0 Å². The first-order chi connectivity index (χ1) is 6.20. The van der Waals surface area contributed by atoms with Gasteiger partial charge in [0.15, 0.2) is 0 Å². The van der Waals surface area contributed by atoms with Gasteiger partial charge in [0.25, 0.3) is 0 Å². The fraction of sp³-hybridized carbons (Fsp3) is 0.111. The Kier molecular flexibility index (Phi) is 2.49. The van der Waals surface area contributed by atoms with E-state index in [1.165, 1.54) is 0 Å². The van der Waals surface area contributed by atoms with Gasteiger partial charge in [-0.15, -0.1) is 0 Å². The van der Waals surface area contributed by atoms with Gasteiger partial charge in [-0.1, -0.05) is 11.6 Å². The fourth-order valence-corrected chi connectivity index (χ4v) is 1.91. The summed E-state index contributed by atoms with van der Waals surface area (Å²) in [5, 5.41) is 10.7. The summed E-state index contributed by atoms with van der Waals surface area (Å²) in [6, 6.07) is 5.77. The van der Waals surface area contributed by atoms with Gasteiger partial charge in [0.1, 0.15) is 0 Å². The molecule has 2 aromatic rings. The summed E-state index contributed by atoms with van der Waals surface area (Å²) >= 11 is 8.14. The highest BCUT2D eigenvalue weighted by molar-refractivity contribution is 14.1. The average molecular weight is 308 g/mol. The monoisotopic (exact) mass is 307 g/mol. The molecular weight excluding hydrogens is 300 g/mol. The van der Waals surface area contributed by atoms with Crippen LogP contribution in [0, 0.1) is 3.57 Å². The lowest BCUT2D eigenvalue weighted by molar-refractivity contribution is 0.278. The molecule has 0 atom stereocenters. The number of nitrogens with one attached hydrogen (secondary N) is 1. The van der Waals surface area contributed by atoms with Gasteiger partial charge in [-0.05, 0) is 40.8 Å². The van der Waals surface area contributed by atoms with Crippen LogP contribution in [0.2, 0.25) is 5.02 Å². The van der Waals surface area contributed by atoms with E-state index in [4.69, 9.17) is 16.7 Å². The molecule has 2 nitrogen and oxygen atoms in total. The van der Waals surface area contributed by atoms with Crippen LogP contribution < -0.4 is 0 Å². The van der Waals surface area contributed by atoms with Crippen LogP contribution in [0.25, 0.3) is 10.9 Å². The first-order valence-corrected chi connectivity index (χ1v) is 5.24. The third-order valence-corrected chi connectivity index (χ3v) is 3.41. The Balaban J connectivity index is 2.70. The smallest absolute Gasteiger partial charge is 0.0831 e. The Morgan fingerprint density at radius 3 is 2.85 bits per heavy atom. The summed E-state index contributed by atoms with van der Waals surface area (Å²) in [6.45, 7) is 0.0306. The number of rotatable bonds is 1. The summed E-state index contributed by atoms with van der Waals surface area (Å²) in [7, 11) is 0. The molecule has 2 N–H and O–H groups in total. The second-order valence-electron chi connectivity index (χ2n) is 2.81. The van der Waals surface area contributed by atoms with Crippen LogP contribution in [0.4, 0.5) is 0 Å². The lowest BCUT2D eigenvalue weighted by Crippen LogP contribution is -1.79. The van der Waals surface area contributed by atoms with E-state index in [0.717, 1.165) is 25.2 Å². The van der Waals surface area contributed by atoms with Gasteiger partial charge in [0.05, 0.1) is 11.6 Å². The molecule has 0 unspecified atom stereocenters. The van der Waals surface area contributed by atoms with Crippen molar-refractivity contribution in [3.63, 3.8) is 0 Å². The maximum absolute atomic E-state index is 8.91. The van der Waals surface area contributed by atoms with Crippen LogP contribution in [-0.2, 0) is 6.61 Å². The minimum absolute atomic E-state index is 0.0306. The number of aliphatic hydroxyl groups is 1. The number of fused-ring (bicyclic) bond motifs is 1. The van der Waals surface area contributed by atoms with Gasteiger partial charge in [0.2, 0.25) is 0 Å². The SMILES string of the molecule is OCc1cc2cc(Cl)c(I)cc2[nH]1. The second kappa shape index (κ2) is 3.48. The van der Waals surface area contributed by atoms with Crippen molar-refractivity contribution in [1.82, 2.24) is 4.98 Å². The highest BCUT2D eigenvalue weighted by Crippen LogP contribution is 2.25. The Hall–Kier alpha value is -0.260. The Bertz CT molecular complexity index is 413. The zero-order valence-corrected chi connectivity index (χ0v) is 9.56. The molecular formula is C9H7ClINO. The molecule has 1 aromatic carbocycles.